The SMILES string of the molecule is CC(C)(C)C1CC(=O)N(S(=O)(=O)CCCCCl)C1. The molecule has 1 aliphatic rings. The van der Waals surface area contributed by atoms with Crippen molar-refractivity contribution < 1.29 is 13.2 Å². The van der Waals surface area contributed by atoms with Crippen molar-refractivity contribution in [3.63, 3.8) is 0 Å². The Morgan fingerprint density at radius 3 is 2.39 bits per heavy atom. The molecule has 0 aromatic carbocycles. The summed E-state index contributed by atoms with van der Waals surface area (Å²) in [5.41, 5.74) is -0.0456. The van der Waals surface area contributed by atoms with Crippen molar-refractivity contribution in [2.75, 3.05) is 18.2 Å². The van der Waals surface area contributed by atoms with Crippen LogP contribution in [0.15, 0.2) is 0 Å². The summed E-state index contributed by atoms with van der Waals surface area (Å²) in [5.74, 6) is 0.310. The molecule has 1 aliphatic heterocycles. The topological polar surface area (TPSA) is 54.5 Å². The van der Waals surface area contributed by atoms with Gasteiger partial charge in [0.05, 0.1) is 5.75 Å². The second-order valence-electron chi connectivity index (χ2n) is 5.90. The summed E-state index contributed by atoms with van der Waals surface area (Å²) in [6.07, 6.45) is 1.50. The van der Waals surface area contributed by atoms with Crippen LogP contribution in [-0.2, 0) is 14.8 Å². The number of sulfonamides is 1. The fourth-order valence-corrected chi connectivity index (χ4v) is 3.79. The molecule has 0 N–H and O–H groups in total. The van der Waals surface area contributed by atoms with Crippen molar-refractivity contribution in [2.24, 2.45) is 11.3 Å². The molecule has 0 bridgehead atoms. The minimum Gasteiger partial charge on any atom is -0.274 e. The number of nitrogens with zero attached hydrogens (tertiary/aromatic N) is 1. The third kappa shape index (κ3) is 3.85. The molecular formula is C12H22ClNO3S. The molecule has 1 fully saturated rings. The van der Waals surface area contributed by atoms with E-state index in [2.05, 4.69) is 0 Å². The standard InChI is InChI=1S/C12H22ClNO3S/c1-12(2,3)10-8-11(15)14(9-10)18(16,17)7-5-4-6-13/h10H,4-9H2,1-3H3. The van der Waals surface area contributed by atoms with E-state index in [0.717, 1.165) is 4.31 Å². The molecule has 0 spiro atoms. The highest BCUT2D eigenvalue weighted by Crippen LogP contribution is 2.35. The number of hydrogen-bond acceptors (Lipinski definition) is 3. The number of carbonyl (C=O) groups excluding carboxylic acids is 1. The van der Waals surface area contributed by atoms with Crippen LogP contribution in [0.4, 0.5) is 0 Å². The second kappa shape index (κ2) is 5.78. The zero-order valence-corrected chi connectivity index (χ0v) is 12.9. The van der Waals surface area contributed by atoms with E-state index in [1.54, 1.807) is 0 Å². The molecule has 1 heterocycles. The van der Waals surface area contributed by atoms with Gasteiger partial charge in [0.1, 0.15) is 0 Å². The van der Waals surface area contributed by atoms with Gasteiger partial charge in [0.15, 0.2) is 0 Å². The predicted octanol–water partition coefficient (Wildman–Crippen LogP) is 2.23. The van der Waals surface area contributed by atoms with Crippen molar-refractivity contribution in [3.05, 3.63) is 0 Å². The van der Waals surface area contributed by atoms with Crippen LogP contribution in [0, 0.1) is 11.3 Å². The largest absolute Gasteiger partial charge is 0.274 e. The lowest BCUT2D eigenvalue weighted by molar-refractivity contribution is -0.123. The Hall–Kier alpha value is -0.290. The van der Waals surface area contributed by atoms with Crippen LogP contribution in [0.5, 0.6) is 0 Å². The Balaban J connectivity index is 2.70. The van der Waals surface area contributed by atoms with E-state index >= 15 is 0 Å². The summed E-state index contributed by atoms with van der Waals surface area (Å²) in [5, 5.41) is 0. The van der Waals surface area contributed by atoms with Crippen molar-refractivity contribution in [1.29, 1.82) is 0 Å². The minimum absolute atomic E-state index is 0.0162. The first-order valence-corrected chi connectivity index (χ1v) is 8.42. The van der Waals surface area contributed by atoms with Crippen LogP contribution in [0.25, 0.3) is 0 Å². The first-order chi connectivity index (χ1) is 8.18. The number of carbonyl (C=O) groups is 1. The molecule has 1 unspecified atom stereocenters. The van der Waals surface area contributed by atoms with Crippen LogP contribution < -0.4 is 0 Å². The first kappa shape index (κ1) is 15.8. The lowest BCUT2D eigenvalue weighted by atomic mass is 9.80. The molecule has 0 aromatic rings. The maximum atomic E-state index is 12.1. The van der Waals surface area contributed by atoms with Crippen molar-refractivity contribution in [3.8, 4) is 0 Å². The molecule has 0 aliphatic carbocycles. The number of hydrogen-bond donors (Lipinski definition) is 0. The lowest BCUT2D eigenvalue weighted by Crippen LogP contribution is -2.35. The van der Waals surface area contributed by atoms with E-state index in [-0.39, 0.29) is 23.0 Å². The van der Waals surface area contributed by atoms with Crippen molar-refractivity contribution in [2.45, 2.75) is 40.0 Å². The van der Waals surface area contributed by atoms with Crippen molar-refractivity contribution in [1.82, 2.24) is 4.31 Å². The molecular weight excluding hydrogens is 274 g/mol. The summed E-state index contributed by atoms with van der Waals surface area (Å²) in [7, 11) is -3.45. The van der Waals surface area contributed by atoms with E-state index < -0.39 is 10.0 Å². The molecule has 1 rings (SSSR count). The Labute approximate surface area is 115 Å². The summed E-state index contributed by atoms with van der Waals surface area (Å²) in [6, 6.07) is 0. The average Bonchev–Trinajstić information content (AvgIpc) is 2.60. The minimum atomic E-state index is -3.45. The molecule has 18 heavy (non-hydrogen) atoms. The summed E-state index contributed by atoms with van der Waals surface area (Å²) in [4.78, 5) is 11.8. The fourth-order valence-electron chi connectivity index (χ4n) is 2.02. The number of unbranched alkanes of at least 4 members (excludes halogenated alkanes) is 1. The summed E-state index contributed by atoms with van der Waals surface area (Å²) in [6.45, 7) is 6.43. The van der Waals surface area contributed by atoms with E-state index in [4.69, 9.17) is 11.6 Å². The Morgan fingerprint density at radius 2 is 1.94 bits per heavy atom. The van der Waals surface area contributed by atoms with Gasteiger partial charge in [0.25, 0.3) is 0 Å². The highest BCUT2D eigenvalue weighted by atomic mass is 35.5. The predicted molar refractivity (Wildman–Crippen MR) is 73.0 cm³/mol. The van der Waals surface area contributed by atoms with Crippen molar-refractivity contribution >= 4 is 27.5 Å². The summed E-state index contributed by atoms with van der Waals surface area (Å²) >= 11 is 5.53. The fraction of sp³-hybridized carbons (Fsp3) is 0.917. The van der Waals surface area contributed by atoms with Crippen LogP contribution in [0.1, 0.15) is 40.0 Å². The molecule has 4 nitrogen and oxygen atoms in total. The third-order valence-corrected chi connectivity index (χ3v) is 5.53. The molecule has 1 amide bonds. The first-order valence-electron chi connectivity index (χ1n) is 6.27. The highest BCUT2D eigenvalue weighted by molar-refractivity contribution is 7.89. The zero-order valence-electron chi connectivity index (χ0n) is 11.3. The average molecular weight is 296 g/mol. The monoisotopic (exact) mass is 295 g/mol. The van der Waals surface area contributed by atoms with Gasteiger partial charge in [-0.15, -0.1) is 11.6 Å². The number of halogens is 1. The van der Waals surface area contributed by atoms with Gasteiger partial charge >= 0.3 is 0 Å². The molecule has 106 valence electrons. The van der Waals surface area contributed by atoms with Gasteiger partial charge < -0.3 is 0 Å². The quantitative estimate of drug-likeness (QED) is 0.577. The normalized spacial score (nSPS) is 21.7. The third-order valence-electron chi connectivity index (χ3n) is 3.43. The molecule has 0 saturated carbocycles. The zero-order chi connectivity index (χ0) is 14.0. The highest BCUT2D eigenvalue weighted by Gasteiger charge is 2.41. The van der Waals surface area contributed by atoms with Crippen LogP contribution in [-0.4, -0.2) is 36.8 Å². The lowest BCUT2D eigenvalue weighted by Gasteiger charge is -2.26. The van der Waals surface area contributed by atoms with E-state index in [0.29, 0.717) is 31.7 Å². The second-order valence-corrected chi connectivity index (χ2v) is 8.29. The summed E-state index contributed by atoms with van der Waals surface area (Å²) < 4.78 is 25.2. The smallest absolute Gasteiger partial charge is 0.237 e. The Kier molecular flexibility index (Phi) is 5.06. The molecule has 1 saturated heterocycles. The maximum absolute atomic E-state index is 12.1. The molecule has 1 atom stereocenters. The Morgan fingerprint density at radius 1 is 1.33 bits per heavy atom. The van der Waals surface area contributed by atoms with E-state index in [9.17, 15) is 13.2 Å². The van der Waals surface area contributed by atoms with E-state index in [1.807, 2.05) is 20.8 Å². The number of amides is 1. The molecule has 6 heteroatoms. The van der Waals surface area contributed by atoms with Gasteiger partial charge in [-0.3, -0.25) is 4.79 Å². The Bertz CT molecular complexity index is 400. The van der Waals surface area contributed by atoms with Gasteiger partial charge in [0.2, 0.25) is 15.9 Å². The number of alkyl halides is 1. The van der Waals surface area contributed by atoms with Gasteiger partial charge in [0, 0.05) is 18.8 Å². The van der Waals surface area contributed by atoms with Crippen LogP contribution in [0.3, 0.4) is 0 Å². The van der Waals surface area contributed by atoms with Gasteiger partial charge in [-0.1, -0.05) is 20.8 Å². The number of rotatable bonds is 5. The maximum Gasteiger partial charge on any atom is 0.237 e. The van der Waals surface area contributed by atoms with Crippen LogP contribution >= 0.6 is 11.6 Å². The molecule has 0 radical (unpaired) electrons. The van der Waals surface area contributed by atoms with Gasteiger partial charge in [-0.25, -0.2) is 12.7 Å². The van der Waals surface area contributed by atoms with Gasteiger partial charge in [-0.2, -0.15) is 0 Å². The van der Waals surface area contributed by atoms with E-state index in [1.165, 1.54) is 0 Å². The van der Waals surface area contributed by atoms with Crippen LogP contribution in [0.2, 0.25) is 0 Å². The molecule has 0 aromatic heterocycles. The van der Waals surface area contributed by atoms with Gasteiger partial charge in [-0.05, 0) is 24.2 Å².